The molecular weight excluding hydrogens is 262 g/mol. The molecule has 1 aromatic carbocycles. The van der Waals surface area contributed by atoms with Crippen LogP contribution in [0.15, 0.2) is 42.2 Å². The number of ketones is 1. The van der Waals surface area contributed by atoms with Gasteiger partial charge in [-0.05, 0) is 42.2 Å². The second kappa shape index (κ2) is 6.31. The van der Waals surface area contributed by atoms with Crippen LogP contribution in [0, 0.1) is 13.8 Å². The van der Waals surface area contributed by atoms with Crippen LogP contribution in [0.25, 0.3) is 0 Å². The summed E-state index contributed by atoms with van der Waals surface area (Å²) in [7, 11) is 1.86. The zero-order valence-electron chi connectivity index (χ0n) is 12.6. The fourth-order valence-corrected chi connectivity index (χ4v) is 2.26. The predicted molar refractivity (Wildman–Crippen MR) is 85.3 cm³/mol. The molecule has 0 aliphatic rings. The molecule has 0 unspecified atom stereocenters. The summed E-state index contributed by atoms with van der Waals surface area (Å²) in [5.41, 5.74) is 5.12. The molecule has 1 aromatic heterocycles. The van der Waals surface area contributed by atoms with Crippen LogP contribution >= 0.6 is 0 Å². The van der Waals surface area contributed by atoms with Crippen LogP contribution in [-0.2, 0) is 18.3 Å². The number of nitrogens with zero attached hydrogens (tertiary/aromatic N) is 3. The lowest BCUT2D eigenvalue weighted by molar-refractivity contribution is -0.114. The highest BCUT2D eigenvalue weighted by Crippen LogP contribution is 2.17. The number of hydrogen-bond acceptors (Lipinski definition) is 3. The van der Waals surface area contributed by atoms with E-state index in [-0.39, 0.29) is 5.78 Å². The van der Waals surface area contributed by atoms with Crippen molar-refractivity contribution in [2.24, 2.45) is 12.0 Å². The van der Waals surface area contributed by atoms with Crippen LogP contribution in [0.3, 0.4) is 0 Å². The Morgan fingerprint density at radius 3 is 2.57 bits per heavy atom. The van der Waals surface area contributed by atoms with E-state index in [2.05, 4.69) is 16.7 Å². The number of aryl methyl sites for hydroxylation is 3. The van der Waals surface area contributed by atoms with Gasteiger partial charge in [0.25, 0.3) is 0 Å². The number of aromatic nitrogens is 2. The molecule has 0 saturated heterocycles. The van der Waals surface area contributed by atoms with E-state index in [1.807, 2.05) is 45.4 Å². The maximum Gasteiger partial charge on any atom is 0.159 e. The van der Waals surface area contributed by atoms with Gasteiger partial charge >= 0.3 is 0 Å². The summed E-state index contributed by atoms with van der Waals surface area (Å²) in [6.45, 7) is 7.56. The third-order valence-electron chi connectivity index (χ3n) is 3.29. The van der Waals surface area contributed by atoms with Crippen molar-refractivity contribution in [2.45, 2.75) is 20.3 Å². The Bertz CT molecular complexity index is 688. The van der Waals surface area contributed by atoms with Gasteiger partial charge in [-0.3, -0.25) is 14.5 Å². The fraction of sp³-hybridized carbons (Fsp3) is 0.235. The van der Waals surface area contributed by atoms with Crippen molar-refractivity contribution >= 4 is 17.7 Å². The summed E-state index contributed by atoms with van der Waals surface area (Å²) in [6.07, 6.45) is 7.19. The minimum Gasteiger partial charge on any atom is -0.295 e. The van der Waals surface area contributed by atoms with E-state index in [0.29, 0.717) is 6.42 Å². The van der Waals surface area contributed by atoms with Crippen molar-refractivity contribution in [2.75, 3.05) is 0 Å². The summed E-state index contributed by atoms with van der Waals surface area (Å²) < 4.78 is 1.72. The highest BCUT2D eigenvalue weighted by atomic mass is 16.1. The minimum absolute atomic E-state index is 0.0329. The van der Waals surface area contributed by atoms with Gasteiger partial charge in [0, 0.05) is 19.7 Å². The molecule has 4 nitrogen and oxygen atoms in total. The monoisotopic (exact) mass is 281 g/mol. The molecule has 0 atom stereocenters. The molecule has 0 amide bonds. The normalized spacial score (nSPS) is 11.0. The van der Waals surface area contributed by atoms with Gasteiger partial charge in [-0.1, -0.05) is 18.7 Å². The lowest BCUT2D eigenvalue weighted by Gasteiger charge is -2.08. The number of hydrogen-bond donors (Lipinski definition) is 0. The molecule has 1 heterocycles. The average molecular weight is 281 g/mol. The topological polar surface area (TPSA) is 47.2 Å². The highest BCUT2D eigenvalue weighted by Gasteiger charge is 2.06. The lowest BCUT2D eigenvalue weighted by Crippen LogP contribution is -2.01. The number of carbonyl (C=O) groups is 1. The van der Waals surface area contributed by atoms with Gasteiger partial charge in [0.2, 0.25) is 0 Å². The first-order valence-electron chi connectivity index (χ1n) is 6.77. The van der Waals surface area contributed by atoms with Crippen molar-refractivity contribution in [1.29, 1.82) is 0 Å². The van der Waals surface area contributed by atoms with Gasteiger partial charge in [0.15, 0.2) is 5.78 Å². The molecule has 2 aromatic rings. The van der Waals surface area contributed by atoms with Crippen LogP contribution in [0.4, 0.5) is 5.69 Å². The van der Waals surface area contributed by atoms with E-state index in [0.717, 1.165) is 27.9 Å². The third kappa shape index (κ3) is 3.75. The summed E-state index contributed by atoms with van der Waals surface area (Å²) in [6, 6.07) is 4.05. The Hall–Kier alpha value is -2.49. The second-order valence-electron chi connectivity index (χ2n) is 5.12. The molecule has 0 N–H and O–H groups in total. The molecule has 0 spiro atoms. The summed E-state index contributed by atoms with van der Waals surface area (Å²) in [4.78, 5) is 15.9. The quantitative estimate of drug-likeness (QED) is 0.624. The number of rotatable bonds is 5. The molecule has 0 bridgehead atoms. The van der Waals surface area contributed by atoms with Crippen LogP contribution in [-0.4, -0.2) is 21.8 Å². The van der Waals surface area contributed by atoms with Gasteiger partial charge in [0.1, 0.15) is 5.69 Å². The largest absolute Gasteiger partial charge is 0.295 e. The van der Waals surface area contributed by atoms with Crippen molar-refractivity contribution in [3.63, 3.8) is 0 Å². The van der Waals surface area contributed by atoms with Crippen LogP contribution < -0.4 is 0 Å². The molecule has 21 heavy (non-hydrogen) atoms. The van der Waals surface area contributed by atoms with Crippen LogP contribution in [0.2, 0.25) is 0 Å². The van der Waals surface area contributed by atoms with E-state index < -0.39 is 0 Å². The van der Waals surface area contributed by atoms with Crippen molar-refractivity contribution in [3.8, 4) is 0 Å². The molecule has 0 saturated carbocycles. The van der Waals surface area contributed by atoms with Gasteiger partial charge in [-0.2, -0.15) is 5.10 Å². The Morgan fingerprint density at radius 1 is 1.38 bits per heavy atom. The van der Waals surface area contributed by atoms with E-state index in [1.54, 1.807) is 10.9 Å². The number of carbonyl (C=O) groups excluding carboxylic acids is 1. The molecule has 108 valence electrons. The van der Waals surface area contributed by atoms with E-state index >= 15 is 0 Å². The highest BCUT2D eigenvalue weighted by molar-refractivity contribution is 5.91. The minimum atomic E-state index is 0.0329. The Morgan fingerprint density at radius 2 is 2.05 bits per heavy atom. The molecule has 0 aliphatic heterocycles. The molecule has 4 heteroatoms. The summed E-state index contributed by atoms with van der Waals surface area (Å²) >= 11 is 0. The first-order chi connectivity index (χ1) is 9.99. The molecule has 0 radical (unpaired) electrons. The van der Waals surface area contributed by atoms with Gasteiger partial charge in [-0.15, -0.1) is 0 Å². The van der Waals surface area contributed by atoms with Crippen LogP contribution in [0.5, 0.6) is 0 Å². The van der Waals surface area contributed by atoms with Gasteiger partial charge in [0.05, 0.1) is 12.4 Å². The SMILES string of the molecule is C=CC(=O)Cc1cc(C)c(C=Nc2cnn(C)c2)c(C)c1. The molecule has 0 aliphatic carbocycles. The number of allylic oxidation sites excluding steroid dienone is 1. The number of benzene rings is 1. The van der Waals surface area contributed by atoms with Gasteiger partial charge in [-0.25, -0.2) is 0 Å². The fourth-order valence-electron chi connectivity index (χ4n) is 2.26. The van der Waals surface area contributed by atoms with Crippen molar-refractivity contribution in [3.05, 3.63) is 59.4 Å². The van der Waals surface area contributed by atoms with Crippen LogP contribution in [0.1, 0.15) is 22.3 Å². The maximum absolute atomic E-state index is 11.4. The zero-order chi connectivity index (χ0) is 15.4. The van der Waals surface area contributed by atoms with Crippen molar-refractivity contribution in [1.82, 2.24) is 9.78 Å². The Balaban J connectivity index is 2.26. The second-order valence-corrected chi connectivity index (χ2v) is 5.12. The number of aliphatic imine (C=N–C) groups is 1. The van der Waals surface area contributed by atoms with Crippen molar-refractivity contribution < 1.29 is 4.79 Å². The molecule has 2 rings (SSSR count). The van der Waals surface area contributed by atoms with E-state index in [9.17, 15) is 4.79 Å². The smallest absolute Gasteiger partial charge is 0.159 e. The molecular formula is C17H19N3O. The molecule has 0 fully saturated rings. The lowest BCUT2D eigenvalue weighted by atomic mass is 9.97. The first kappa shape index (κ1) is 14.9. The Labute approximate surface area is 124 Å². The average Bonchev–Trinajstić information content (AvgIpc) is 2.83. The summed E-state index contributed by atoms with van der Waals surface area (Å²) in [5, 5.41) is 4.09. The first-order valence-corrected chi connectivity index (χ1v) is 6.77. The summed E-state index contributed by atoms with van der Waals surface area (Å²) in [5.74, 6) is 0.0329. The van der Waals surface area contributed by atoms with E-state index in [4.69, 9.17) is 0 Å². The van der Waals surface area contributed by atoms with Gasteiger partial charge < -0.3 is 0 Å². The maximum atomic E-state index is 11.4. The zero-order valence-corrected chi connectivity index (χ0v) is 12.6. The standard InChI is InChI=1S/C17H19N3O/c1-5-16(21)8-14-6-12(2)17(13(3)7-14)10-18-15-9-19-20(4)11-15/h5-7,9-11H,1,8H2,2-4H3. The predicted octanol–water partition coefficient (Wildman–Crippen LogP) is 3.09. The Kier molecular flexibility index (Phi) is 4.48. The third-order valence-corrected chi connectivity index (χ3v) is 3.29. The van der Waals surface area contributed by atoms with E-state index in [1.165, 1.54) is 6.08 Å².